The number of carbonyl (C=O) groups excluding carboxylic acids is 1. The monoisotopic (exact) mass is 301 g/mol. The molecule has 0 aromatic heterocycles. The van der Waals surface area contributed by atoms with Crippen LogP contribution in [0.1, 0.15) is 41.6 Å². The van der Waals surface area contributed by atoms with Gasteiger partial charge in [0, 0.05) is 18.0 Å². The van der Waals surface area contributed by atoms with Crippen LogP contribution in [0.3, 0.4) is 0 Å². The van der Waals surface area contributed by atoms with Crippen LogP contribution in [0.25, 0.3) is 0 Å². The van der Waals surface area contributed by atoms with Crippen LogP contribution >= 0.6 is 0 Å². The van der Waals surface area contributed by atoms with Gasteiger partial charge in [0.05, 0.1) is 0 Å². The summed E-state index contributed by atoms with van der Waals surface area (Å²) in [7, 11) is 0. The number of aryl methyl sites for hydroxylation is 1. The molecule has 1 atom stereocenters. The molecule has 1 aromatic rings. The molecule has 0 radical (unpaired) electrons. The van der Waals surface area contributed by atoms with Crippen LogP contribution in [-0.2, 0) is 6.42 Å². The molecule has 3 aliphatic rings. The standard InChI is InChI=1S/C18H23NO3/c20-18-14(12-19-6-2-1-3-7-19)5-4-13-10-16-17(11-15(13)18)22-9-8-21-16/h10-11,14H,1-9,12H2/t14-/m1/s1. The van der Waals surface area contributed by atoms with Gasteiger partial charge in [0.25, 0.3) is 0 Å². The van der Waals surface area contributed by atoms with Crippen LogP contribution in [0.4, 0.5) is 0 Å². The Labute approximate surface area is 131 Å². The number of ketones is 1. The average molecular weight is 301 g/mol. The Kier molecular flexibility index (Phi) is 3.78. The second-order valence-corrected chi connectivity index (χ2v) is 6.61. The lowest BCUT2D eigenvalue weighted by molar-refractivity contribution is 0.0844. The minimum absolute atomic E-state index is 0.146. The van der Waals surface area contributed by atoms with Gasteiger partial charge in [0.15, 0.2) is 17.3 Å². The van der Waals surface area contributed by atoms with Crippen molar-refractivity contribution >= 4 is 5.78 Å². The first-order valence-corrected chi connectivity index (χ1v) is 8.50. The van der Waals surface area contributed by atoms with Crippen molar-refractivity contribution in [2.24, 2.45) is 5.92 Å². The topological polar surface area (TPSA) is 38.8 Å². The lowest BCUT2D eigenvalue weighted by Crippen LogP contribution is -2.38. The molecule has 0 bridgehead atoms. The van der Waals surface area contributed by atoms with Crippen molar-refractivity contribution in [3.8, 4) is 11.5 Å². The number of Topliss-reactive ketones (excluding diaryl/α,β-unsaturated/α-hetero) is 1. The summed E-state index contributed by atoms with van der Waals surface area (Å²) >= 11 is 0. The Bertz CT molecular complexity index is 578. The highest BCUT2D eigenvalue weighted by atomic mass is 16.6. The molecule has 1 aliphatic carbocycles. The van der Waals surface area contributed by atoms with Gasteiger partial charge in [-0.05, 0) is 56.5 Å². The number of fused-ring (bicyclic) bond motifs is 2. The zero-order valence-electron chi connectivity index (χ0n) is 13.0. The lowest BCUT2D eigenvalue weighted by Gasteiger charge is -2.32. The second kappa shape index (κ2) is 5.92. The Morgan fingerprint density at radius 2 is 1.77 bits per heavy atom. The van der Waals surface area contributed by atoms with Crippen molar-refractivity contribution in [1.29, 1.82) is 0 Å². The van der Waals surface area contributed by atoms with Crippen molar-refractivity contribution in [3.63, 3.8) is 0 Å². The summed E-state index contributed by atoms with van der Waals surface area (Å²) in [5.74, 6) is 1.97. The molecule has 4 rings (SSSR count). The van der Waals surface area contributed by atoms with Crippen molar-refractivity contribution in [1.82, 2.24) is 4.90 Å². The molecule has 0 saturated carbocycles. The van der Waals surface area contributed by atoms with E-state index in [1.54, 1.807) is 0 Å². The smallest absolute Gasteiger partial charge is 0.167 e. The van der Waals surface area contributed by atoms with Crippen molar-refractivity contribution in [2.75, 3.05) is 32.8 Å². The third kappa shape index (κ3) is 2.60. The van der Waals surface area contributed by atoms with E-state index in [4.69, 9.17) is 9.47 Å². The molecule has 1 saturated heterocycles. The third-order valence-corrected chi connectivity index (χ3v) is 5.09. The molecule has 2 aliphatic heterocycles. The van der Waals surface area contributed by atoms with Crippen LogP contribution < -0.4 is 9.47 Å². The minimum atomic E-state index is 0.146. The largest absolute Gasteiger partial charge is 0.486 e. The van der Waals surface area contributed by atoms with Crippen molar-refractivity contribution in [3.05, 3.63) is 23.3 Å². The van der Waals surface area contributed by atoms with E-state index in [0.717, 1.165) is 55.1 Å². The summed E-state index contributed by atoms with van der Waals surface area (Å²) in [6.45, 7) is 4.39. The van der Waals surface area contributed by atoms with Gasteiger partial charge in [-0.3, -0.25) is 4.79 Å². The summed E-state index contributed by atoms with van der Waals surface area (Å²) in [5, 5.41) is 0. The van der Waals surface area contributed by atoms with Gasteiger partial charge in [0.1, 0.15) is 13.2 Å². The SMILES string of the molecule is O=C1c2cc3c(cc2CC[C@@H]1CN1CCCCC1)OCCO3. The van der Waals surface area contributed by atoms with Crippen LogP contribution in [0.2, 0.25) is 0 Å². The molecule has 1 fully saturated rings. The van der Waals surface area contributed by atoms with E-state index in [-0.39, 0.29) is 5.92 Å². The maximum absolute atomic E-state index is 12.9. The fraction of sp³-hybridized carbons (Fsp3) is 0.611. The van der Waals surface area contributed by atoms with Gasteiger partial charge in [-0.2, -0.15) is 0 Å². The summed E-state index contributed by atoms with van der Waals surface area (Å²) in [4.78, 5) is 15.3. The molecule has 0 unspecified atom stereocenters. The van der Waals surface area contributed by atoms with Crippen LogP contribution in [-0.4, -0.2) is 43.5 Å². The van der Waals surface area contributed by atoms with Gasteiger partial charge >= 0.3 is 0 Å². The number of carbonyl (C=O) groups is 1. The quantitative estimate of drug-likeness (QED) is 0.842. The minimum Gasteiger partial charge on any atom is -0.486 e. The number of rotatable bonds is 2. The number of nitrogens with zero attached hydrogens (tertiary/aromatic N) is 1. The normalized spacial score (nSPS) is 24.9. The maximum Gasteiger partial charge on any atom is 0.167 e. The van der Waals surface area contributed by atoms with Gasteiger partial charge in [-0.15, -0.1) is 0 Å². The van der Waals surface area contributed by atoms with E-state index >= 15 is 0 Å². The first-order chi connectivity index (χ1) is 10.8. The fourth-order valence-electron chi connectivity index (χ4n) is 3.88. The molecule has 22 heavy (non-hydrogen) atoms. The molecule has 0 spiro atoms. The highest BCUT2D eigenvalue weighted by Crippen LogP contribution is 2.37. The summed E-state index contributed by atoms with van der Waals surface area (Å²) in [5.41, 5.74) is 1.99. The molecule has 4 nitrogen and oxygen atoms in total. The van der Waals surface area contributed by atoms with E-state index in [1.807, 2.05) is 12.1 Å². The fourth-order valence-corrected chi connectivity index (χ4v) is 3.88. The average Bonchev–Trinajstić information content (AvgIpc) is 2.57. The number of likely N-dealkylation sites (tertiary alicyclic amines) is 1. The number of hydrogen-bond donors (Lipinski definition) is 0. The van der Waals surface area contributed by atoms with Crippen LogP contribution in [0.5, 0.6) is 11.5 Å². The Hall–Kier alpha value is -1.55. The number of hydrogen-bond acceptors (Lipinski definition) is 4. The predicted octanol–water partition coefficient (Wildman–Crippen LogP) is 2.69. The predicted molar refractivity (Wildman–Crippen MR) is 83.9 cm³/mol. The van der Waals surface area contributed by atoms with Crippen molar-refractivity contribution < 1.29 is 14.3 Å². The van der Waals surface area contributed by atoms with E-state index < -0.39 is 0 Å². The first-order valence-electron chi connectivity index (χ1n) is 8.50. The number of benzene rings is 1. The van der Waals surface area contributed by atoms with Crippen LogP contribution in [0.15, 0.2) is 12.1 Å². The summed E-state index contributed by atoms with van der Waals surface area (Å²) in [6, 6.07) is 3.92. The van der Waals surface area contributed by atoms with E-state index in [9.17, 15) is 4.79 Å². The maximum atomic E-state index is 12.9. The van der Waals surface area contributed by atoms with Crippen LogP contribution in [0, 0.1) is 5.92 Å². The van der Waals surface area contributed by atoms with Gasteiger partial charge in [-0.25, -0.2) is 0 Å². The molecular formula is C18H23NO3. The number of piperidine rings is 1. The zero-order valence-corrected chi connectivity index (χ0v) is 13.0. The molecule has 118 valence electrons. The lowest BCUT2D eigenvalue weighted by atomic mass is 9.82. The molecule has 0 amide bonds. The molecule has 1 aromatic carbocycles. The van der Waals surface area contributed by atoms with Gasteiger partial charge in [0.2, 0.25) is 0 Å². The highest BCUT2D eigenvalue weighted by Gasteiger charge is 2.31. The Morgan fingerprint density at radius 1 is 1.05 bits per heavy atom. The molecule has 2 heterocycles. The first kappa shape index (κ1) is 14.1. The molecule has 0 N–H and O–H groups in total. The second-order valence-electron chi connectivity index (χ2n) is 6.61. The number of ether oxygens (including phenoxy) is 2. The van der Waals surface area contributed by atoms with Gasteiger partial charge in [-0.1, -0.05) is 6.42 Å². The van der Waals surface area contributed by atoms with E-state index in [0.29, 0.717) is 19.0 Å². The molecule has 4 heteroatoms. The van der Waals surface area contributed by atoms with Crippen molar-refractivity contribution in [2.45, 2.75) is 32.1 Å². The summed E-state index contributed by atoms with van der Waals surface area (Å²) in [6.07, 6.45) is 5.81. The van der Waals surface area contributed by atoms with E-state index in [2.05, 4.69) is 4.90 Å². The zero-order chi connectivity index (χ0) is 14.9. The third-order valence-electron chi connectivity index (χ3n) is 5.09. The summed E-state index contributed by atoms with van der Waals surface area (Å²) < 4.78 is 11.3. The molecular weight excluding hydrogens is 278 g/mol. The highest BCUT2D eigenvalue weighted by molar-refractivity contribution is 6.01. The van der Waals surface area contributed by atoms with Gasteiger partial charge < -0.3 is 14.4 Å². The van der Waals surface area contributed by atoms with E-state index in [1.165, 1.54) is 19.3 Å². The Balaban J connectivity index is 1.54. The Morgan fingerprint density at radius 3 is 2.55 bits per heavy atom.